The number of fused-ring (bicyclic) bond motifs is 1. The summed E-state index contributed by atoms with van der Waals surface area (Å²) < 4.78 is 15.6. The van der Waals surface area contributed by atoms with Crippen molar-refractivity contribution in [3.8, 4) is 11.5 Å². The molecule has 1 aromatic carbocycles. The van der Waals surface area contributed by atoms with Crippen LogP contribution in [-0.2, 0) is 20.9 Å². The molecule has 0 aromatic heterocycles. The Morgan fingerprint density at radius 1 is 1.38 bits per heavy atom. The maximum Gasteiger partial charge on any atom is 0.245 e. The zero-order chi connectivity index (χ0) is 17.2. The molecular weight excluding hydrogens is 312 g/mol. The van der Waals surface area contributed by atoms with Crippen LogP contribution in [0.4, 0.5) is 0 Å². The smallest absolute Gasteiger partial charge is 0.245 e. The highest BCUT2D eigenvalue weighted by molar-refractivity contribution is 5.94. The van der Waals surface area contributed by atoms with Crippen LogP contribution in [-0.4, -0.2) is 49.3 Å². The van der Waals surface area contributed by atoms with Crippen molar-refractivity contribution in [2.45, 2.75) is 31.8 Å². The third-order valence-electron chi connectivity index (χ3n) is 4.58. The molecule has 1 aromatic rings. The Kier molecular flexibility index (Phi) is 4.62. The van der Waals surface area contributed by atoms with Crippen LogP contribution in [0.15, 0.2) is 18.2 Å². The first-order valence-electron chi connectivity index (χ1n) is 8.01. The average molecular weight is 334 g/mol. The Bertz CT molecular complexity index is 648. The van der Waals surface area contributed by atoms with Gasteiger partial charge in [0.1, 0.15) is 5.54 Å². The van der Waals surface area contributed by atoms with E-state index < -0.39 is 5.54 Å². The van der Waals surface area contributed by atoms with Crippen molar-refractivity contribution in [2.24, 2.45) is 0 Å². The fourth-order valence-electron chi connectivity index (χ4n) is 3.07. The molecule has 0 bridgehead atoms. The molecule has 7 nitrogen and oxygen atoms in total. The Morgan fingerprint density at radius 3 is 2.96 bits per heavy atom. The average Bonchev–Trinajstić information content (AvgIpc) is 3.15. The minimum atomic E-state index is -0.846. The van der Waals surface area contributed by atoms with Crippen LogP contribution in [0.25, 0.3) is 0 Å². The highest BCUT2D eigenvalue weighted by Gasteiger charge is 2.47. The molecular formula is C17H22N2O5. The lowest BCUT2D eigenvalue weighted by Gasteiger charge is -2.34. The summed E-state index contributed by atoms with van der Waals surface area (Å²) in [5, 5.41) is 2.84. The fourth-order valence-corrected chi connectivity index (χ4v) is 3.07. The third-order valence-corrected chi connectivity index (χ3v) is 4.58. The quantitative estimate of drug-likeness (QED) is 0.787. The van der Waals surface area contributed by atoms with Gasteiger partial charge in [-0.3, -0.25) is 9.59 Å². The van der Waals surface area contributed by atoms with Gasteiger partial charge in [-0.1, -0.05) is 6.07 Å². The molecule has 1 N–H and O–H groups in total. The largest absolute Gasteiger partial charge is 0.454 e. The van der Waals surface area contributed by atoms with E-state index in [1.807, 2.05) is 25.1 Å². The van der Waals surface area contributed by atoms with E-state index in [-0.39, 0.29) is 18.6 Å². The Balaban J connectivity index is 1.74. The topological polar surface area (TPSA) is 77.1 Å². The minimum absolute atomic E-state index is 0.0166. The number of hydrogen-bond donors (Lipinski definition) is 1. The molecule has 0 saturated carbocycles. The number of rotatable bonds is 6. The number of nitrogens with zero attached hydrogens (tertiary/aromatic N) is 1. The van der Waals surface area contributed by atoms with E-state index in [1.165, 1.54) is 0 Å². The minimum Gasteiger partial charge on any atom is -0.454 e. The van der Waals surface area contributed by atoms with Gasteiger partial charge in [0, 0.05) is 26.6 Å². The van der Waals surface area contributed by atoms with Crippen LogP contribution >= 0.6 is 0 Å². The van der Waals surface area contributed by atoms with Gasteiger partial charge in [0.05, 0.1) is 6.61 Å². The summed E-state index contributed by atoms with van der Waals surface area (Å²) in [4.78, 5) is 26.5. The molecule has 3 rings (SSSR count). The summed E-state index contributed by atoms with van der Waals surface area (Å²) in [6, 6.07) is 5.58. The van der Waals surface area contributed by atoms with Crippen molar-refractivity contribution >= 4 is 11.8 Å². The number of methoxy groups -OCH3 is 1. The lowest BCUT2D eigenvalue weighted by Crippen LogP contribution is -2.54. The van der Waals surface area contributed by atoms with Crippen LogP contribution in [0.3, 0.4) is 0 Å². The fraction of sp³-hybridized carbons (Fsp3) is 0.529. The molecule has 1 fully saturated rings. The number of carbonyl (C=O) groups is 2. The van der Waals surface area contributed by atoms with Crippen molar-refractivity contribution in [3.05, 3.63) is 23.8 Å². The maximum absolute atomic E-state index is 12.6. The van der Waals surface area contributed by atoms with E-state index in [2.05, 4.69) is 5.32 Å². The normalized spacial score (nSPS) is 22.1. The third kappa shape index (κ3) is 3.03. The molecule has 7 heteroatoms. The summed E-state index contributed by atoms with van der Waals surface area (Å²) in [6.45, 7) is 3.26. The number of ether oxygens (including phenoxy) is 3. The molecule has 1 unspecified atom stereocenters. The van der Waals surface area contributed by atoms with Crippen molar-refractivity contribution in [1.82, 2.24) is 10.2 Å². The molecule has 130 valence electrons. The SMILES string of the molecule is COCCNC(=O)C1(C)CCC(=O)N1Cc1ccc2c(c1)OCO2. The second-order valence-electron chi connectivity index (χ2n) is 6.19. The van der Waals surface area contributed by atoms with E-state index in [1.54, 1.807) is 12.0 Å². The monoisotopic (exact) mass is 334 g/mol. The summed E-state index contributed by atoms with van der Waals surface area (Å²) >= 11 is 0. The molecule has 24 heavy (non-hydrogen) atoms. The van der Waals surface area contributed by atoms with E-state index in [0.717, 1.165) is 5.56 Å². The lowest BCUT2D eigenvalue weighted by atomic mass is 9.97. The second-order valence-corrected chi connectivity index (χ2v) is 6.19. The molecule has 2 amide bonds. The summed E-state index contributed by atoms with van der Waals surface area (Å²) in [5.41, 5.74) is 0.0618. The van der Waals surface area contributed by atoms with E-state index in [4.69, 9.17) is 14.2 Å². The summed E-state index contributed by atoms with van der Waals surface area (Å²) in [6.07, 6.45) is 0.883. The number of amides is 2. The van der Waals surface area contributed by atoms with Gasteiger partial charge in [0.2, 0.25) is 18.6 Å². The molecule has 1 atom stereocenters. The predicted octanol–water partition coefficient (Wildman–Crippen LogP) is 1.06. The van der Waals surface area contributed by atoms with Gasteiger partial charge in [-0.25, -0.2) is 0 Å². The number of hydrogen-bond acceptors (Lipinski definition) is 5. The maximum atomic E-state index is 12.6. The number of nitrogens with one attached hydrogen (secondary N) is 1. The van der Waals surface area contributed by atoms with Crippen molar-refractivity contribution < 1.29 is 23.8 Å². The standard InChI is InChI=1S/C17H22N2O5/c1-17(16(21)18-7-8-22-2)6-5-15(20)19(17)10-12-3-4-13-14(9-12)24-11-23-13/h3-4,9H,5-8,10-11H2,1-2H3,(H,18,21). The Hall–Kier alpha value is -2.28. The van der Waals surface area contributed by atoms with E-state index >= 15 is 0 Å². The molecule has 2 aliphatic heterocycles. The van der Waals surface area contributed by atoms with Gasteiger partial charge in [-0.05, 0) is 31.0 Å². The van der Waals surface area contributed by atoms with Crippen molar-refractivity contribution in [2.75, 3.05) is 27.1 Å². The molecule has 2 heterocycles. The molecule has 2 aliphatic rings. The first kappa shape index (κ1) is 16.6. The van der Waals surface area contributed by atoms with Crippen molar-refractivity contribution in [1.29, 1.82) is 0 Å². The van der Waals surface area contributed by atoms with Crippen LogP contribution in [0.5, 0.6) is 11.5 Å². The highest BCUT2D eigenvalue weighted by atomic mass is 16.7. The number of carbonyl (C=O) groups excluding carboxylic acids is 2. The van der Waals surface area contributed by atoms with Gasteiger partial charge in [-0.2, -0.15) is 0 Å². The van der Waals surface area contributed by atoms with Crippen LogP contribution in [0, 0.1) is 0 Å². The van der Waals surface area contributed by atoms with Crippen LogP contribution < -0.4 is 14.8 Å². The summed E-state index contributed by atoms with van der Waals surface area (Å²) in [7, 11) is 1.58. The lowest BCUT2D eigenvalue weighted by molar-refractivity contribution is -0.141. The first-order valence-corrected chi connectivity index (χ1v) is 8.01. The van der Waals surface area contributed by atoms with Gasteiger partial charge < -0.3 is 24.4 Å². The second kappa shape index (κ2) is 6.68. The predicted molar refractivity (Wildman–Crippen MR) is 85.6 cm³/mol. The first-order chi connectivity index (χ1) is 11.5. The Morgan fingerprint density at radius 2 is 2.17 bits per heavy atom. The van der Waals surface area contributed by atoms with Gasteiger partial charge in [0.15, 0.2) is 11.5 Å². The van der Waals surface area contributed by atoms with Gasteiger partial charge in [0.25, 0.3) is 0 Å². The van der Waals surface area contributed by atoms with Gasteiger partial charge in [-0.15, -0.1) is 0 Å². The molecule has 1 saturated heterocycles. The molecule has 0 radical (unpaired) electrons. The Labute approximate surface area is 140 Å². The van der Waals surface area contributed by atoms with Crippen LogP contribution in [0.1, 0.15) is 25.3 Å². The van der Waals surface area contributed by atoms with Gasteiger partial charge >= 0.3 is 0 Å². The highest BCUT2D eigenvalue weighted by Crippen LogP contribution is 2.36. The number of benzene rings is 1. The summed E-state index contributed by atoms with van der Waals surface area (Å²) in [5.74, 6) is 1.21. The van der Waals surface area contributed by atoms with Crippen LogP contribution in [0.2, 0.25) is 0 Å². The molecule has 0 aliphatic carbocycles. The van der Waals surface area contributed by atoms with E-state index in [0.29, 0.717) is 44.0 Å². The van der Waals surface area contributed by atoms with E-state index in [9.17, 15) is 9.59 Å². The number of likely N-dealkylation sites (tertiary alicyclic amines) is 1. The zero-order valence-corrected chi connectivity index (χ0v) is 14.0. The zero-order valence-electron chi connectivity index (χ0n) is 14.0. The molecule has 0 spiro atoms. The van der Waals surface area contributed by atoms with Crippen molar-refractivity contribution in [3.63, 3.8) is 0 Å².